The van der Waals surface area contributed by atoms with Gasteiger partial charge in [-0.15, -0.1) is 0 Å². The Balaban J connectivity index is 2.10. The molecule has 1 heteroatoms. The SMILES string of the molecule is ClC1=C(C2=CCCCCCCC2)CCCCCCC1. The van der Waals surface area contributed by atoms with Crippen LogP contribution in [-0.4, -0.2) is 0 Å². The van der Waals surface area contributed by atoms with E-state index in [1.54, 1.807) is 5.57 Å². The molecule has 108 valence electrons. The van der Waals surface area contributed by atoms with Crippen LogP contribution < -0.4 is 0 Å². The fourth-order valence-corrected chi connectivity index (χ4v) is 3.73. The molecule has 2 aliphatic carbocycles. The predicted molar refractivity (Wildman–Crippen MR) is 85.6 cm³/mol. The van der Waals surface area contributed by atoms with Gasteiger partial charge in [-0.1, -0.05) is 56.2 Å². The van der Waals surface area contributed by atoms with Crippen molar-refractivity contribution in [3.05, 3.63) is 22.3 Å². The zero-order valence-electron chi connectivity index (χ0n) is 12.4. The Labute approximate surface area is 124 Å². The van der Waals surface area contributed by atoms with E-state index < -0.39 is 0 Å². The molecule has 19 heavy (non-hydrogen) atoms. The number of hydrogen-bond acceptors (Lipinski definition) is 0. The van der Waals surface area contributed by atoms with E-state index in [1.807, 2.05) is 0 Å². The molecule has 0 spiro atoms. The molecule has 0 radical (unpaired) electrons. The molecule has 0 atom stereocenters. The molecule has 0 N–H and O–H groups in total. The van der Waals surface area contributed by atoms with Gasteiger partial charge < -0.3 is 0 Å². The number of allylic oxidation sites excluding steroid dienone is 4. The second-order valence-corrected chi connectivity index (χ2v) is 6.64. The van der Waals surface area contributed by atoms with Crippen molar-refractivity contribution in [3.8, 4) is 0 Å². The highest BCUT2D eigenvalue weighted by Gasteiger charge is 2.13. The first-order valence-electron chi connectivity index (χ1n) is 8.45. The molecule has 0 nitrogen and oxygen atoms in total. The first kappa shape index (κ1) is 15.2. The third-order valence-electron chi connectivity index (χ3n) is 4.58. The second kappa shape index (κ2) is 8.84. The quantitative estimate of drug-likeness (QED) is 0.490. The molecular weight excluding hydrogens is 252 g/mol. The van der Waals surface area contributed by atoms with Crippen LogP contribution in [0, 0.1) is 0 Å². The van der Waals surface area contributed by atoms with Crippen molar-refractivity contribution in [1.82, 2.24) is 0 Å². The van der Waals surface area contributed by atoms with Crippen LogP contribution in [0.1, 0.15) is 89.9 Å². The minimum absolute atomic E-state index is 1.12. The zero-order valence-corrected chi connectivity index (χ0v) is 13.1. The summed E-state index contributed by atoms with van der Waals surface area (Å²) in [6.07, 6.45) is 21.1. The predicted octanol–water partition coefficient (Wildman–Crippen LogP) is 6.89. The fraction of sp³-hybridized carbons (Fsp3) is 0.778. The van der Waals surface area contributed by atoms with Crippen LogP contribution >= 0.6 is 11.6 Å². The van der Waals surface area contributed by atoms with Crippen LogP contribution in [0.4, 0.5) is 0 Å². The topological polar surface area (TPSA) is 0 Å². The van der Waals surface area contributed by atoms with Gasteiger partial charge in [0.15, 0.2) is 0 Å². The van der Waals surface area contributed by atoms with Crippen LogP contribution in [-0.2, 0) is 0 Å². The molecule has 0 fully saturated rings. The first-order chi connectivity index (χ1) is 9.38. The molecule has 0 aromatic carbocycles. The Kier molecular flexibility index (Phi) is 7.06. The van der Waals surface area contributed by atoms with Gasteiger partial charge in [-0.3, -0.25) is 0 Å². The van der Waals surface area contributed by atoms with E-state index in [0.29, 0.717) is 0 Å². The molecule has 0 aromatic rings. The van der Waals surface area contributed by atoms with Gasteiger partial charge in [0, 0.05) is 5.03 Å². The summed E-state index contributed by atoms with van der Waals surface area (Å²) in [7, 11) is 0. The number of hydrogen-bond donors (Lipinski definition) is 0. The minimum Gasteiger partial charge on any atom is -0.0888 e. The summed E-state index contributed by atoms with van der Waals surface area (Å²) in [4.78, 5) is 0. The average molecular weight is 281 g/mol. The molecule has 2 aliphatic rings. The van der Waals surface area contributed by atoms with Gasteiger partial charge in [0.05, 0.1) is 0 Å². The third-order valence-corrected chi connectivity index (χ3v) is 5.00. The van der Waals surface area contributed by atoms with Gasteiger partial charge in [-0.2, -0.15) is 0 Å². The van der Waals surface area contributed by atoms with Crippen LogP contribution in [0.15, 0.2) is 22.3 Å². The van der Waals surface area contributed by atoms with Crippen LogP contribution in [0.3, 0.4) is 0 Å². The van der Waals surface area contributed by atoms with E-state index >= 15 is 0 Å². The van der Waals surface area contributed by atoms with E-state index in [1.165, 1.54) is 94.1 Å². The largest absolute Gasteiger partial charge is 0.0888 e. The summed E-state index contributed by atoms with van der Waals surface area (Å²) in [5, 5.41) is 1.19. The third kappa shape index (κ3) is 5.34. The Morgan fingerprint density at radius 3 is 2.00 bits per heavy atom. The van der Waals surface area contributed by atoms with E-state index in [-0.39, 0.29) is 0 Å². The maximum absolute atomic E-state index is 6.64. The summed E-state index contributed by atoms with van der Waals surface area (Å²) in [6.45, 7) is 0. The van der Waals surface area contributed by atoms with Crippen LogP contribution in [0.2, 0.25) is 0 Å². The fourth-order valence-electron chi connectivity index (χ4n) is 3.38. The summed E-state index contributed by atoms with van der Waals surface area (Å²) < 4.78 is 0. The molecule has 0 amide bonds. The van der Waals surface area contributed by atoms with Crippen molar-refractivity contribution in [2.24, 2.45) is 0 Å². The lowest BCUT2D eigenvalue weighted by Crippen LogP contribution is -1.95. The molecule has 0 heterocycles. The molecule has 0 saturated heterocycles. The standard InChI is InChI=1S/C18H29Cl/c19-18-15-11-7-3-6-10-14-17(18)16-12-8-4-1-2-5-9-13-16/h12H,1-11,13-15H2. The molecule has 0 saturated carbocycles. The normalized spacial score (nSPS) is 24.4. The Hall–Kier alpha value is -0.230. The highest BCUT2D eigenvalue weighted by Crippen LogP contribution is 2.33. The van der Waals surface area contributed by atoms with E-state index in [9.17, 15) is 0 Å². The van der Waals surface area contributed by atoms with Crippen LogP contribution in [0.25, 0.3) is 0 Å². The Morgan fingerprint density at radius 2 is 1.21 bits per heavy atom. The molecule has 0 bridgehead atoms. The van der Waals surface area contributed by atoms with Gasteiger partial charge in [0.25, 0.3) is 0 Å². The highest BCUT2D eigenvalue weighted by molar-refractivity contribution is 6.30. The number of rotatable bonds is 1. The van der Waals surface area contributed by atoms with Gasteiger partial charge >= 0.3 is 0 Å². The molecular formula is C18H29Cl. The lowest BCUT2D eigenvalue weighted by molar-refractivity contribution is 0.623. The maximum Gasteiger partial charge on any atom is 0.0215 e. The van der Waals surface area contributed by atoms with Gasteiger partial charge in [-0.25, -0.2) is 0 Å². The molecule has 2 rings (SSSR count). The smallest absolute Gasteiger partial charge is 0.0215 e. The molecule has 0 aliphatic heterocycles. The maximum atomic E-state index is 6.64. The van der Waals surface area contributed by atoms with E-state index in [0.717, 1.165) is 6.42 Å². The monoisotopic (exact) mass is 280 g/mol. The zero-order chi connectivity index (χ0) is 13.3. The first-order valence-corrected chi connectivity index (χ1v) is 8.82. The summed E-state index contributed by atoms with van der Waals surface area (Å²) in [5.41, 5.74) is 3.14. The van der Waals surface area contributed by atoms with Gasteiger partial charge in [-0.05, 0) is 62.5 Å². The van der Waals surface area contributed by atoms with Crippen molar-refractivity contribution in [1.29, 1.82) is 0 Å². The van der Waals surface area contributed by atoms with Gasteiger partial charge in [0.1, 0.15) is 0 Å². The van der Waals surface area contributed by atoms with E-state index in [2.05, 4.69) is 6.08 Å². The van der Waals surface area contributed by atoms with Crippen molar-refractivity contribution in [2.75, 3.05) is 0 Å². The summed E-state index contributed by atoms with van der Waals surface area (Å²) in [6, 6.07) is 0. The number of halogens is 1. The summed E-state index contributed by atoms with van der Waals surface area (Å²) in [5.74, 6) is 0. The minimum atomic E-state index is 1.12. The lowest BCUT2D eigenvalue weighted by atomic mass is 9.94. The summed E-state index contributed by atoms with van der Waals surface area (Å²) >= 11 is 6.64. The van der Waals surface area contributed by atoms with Crippen molar-refractivity contribution in [3.63, 3.8) is 0 Å². The van der Waals surface area contributed by atoms with Gasteiger partial charge in [0.2, 0.25) is 0 Å². The van der Waals surface area contributed by atoms with Crippen molar-refractivity contribution >= 4 is 11.6 Å². The van der Waals surface area contributed by atoms with Crippen molar-refractivity contribution < 1.29 is 0 Å². The van der Waals surface area contributed by atoms with Crippen molar-refractivity contribution in [2.45, 2.75) is 89.9 Å². The average Bonchev–Trinajstić information content (AvgIpc) is 2.60. The Morgan fingerprint density at radius 1 is 0.632 bits per heavy atom. The molecule has 0 unspecified atom stereocenters. The molecule has 0 aromatic heterocycles. The lowest BCUT2D eigenvalue weighted by Gasteiger charge is -2.14. The Bertz CT molecular complexity index is 325. The second-order valence-electron chi connectivity index (χ2n) is 6.19. The highest BCUT2D eigenvalue weighted by atomic mass is 35.5. The van der Waals surface area contributed by atoms with Crippen LogP contribution in [0.5, 0.6) is 0 Å². The van der Waals surface area contributed by atoms with E-state index in [4.69, 9.17) is 11.6 Å².